The molecular weight excluding hydrogens is 528 g/mol. The van der Waals surface area contributed by atoms with Crippen LogP contribution in [0.25, 0.3) is 0 Å². The van der Waals surface area contributed by atoms with Gasteiger partial charge in [0.2, 0.25) is 5.78 Å². The molecule has 0 bridgehead atoms. The van der Waals surface area contributed by atoms with Gasteiger partial charge in [-0.15, -0.1) is 0 Å². The lowest BCUT2D eigenvalue weighted by Crippen LogP contribution is -2.16. The topological polar surface area (TPSA) is 82.1 Å². The lowest BCUT2D eigenvalue weighted by atomic mass is 9.97. The summed E-state index contributed by atoms with van der Waals surface area (Å²) in [6.45, 7) is -0.166. The largest absolute Gasteiger partial charge is 0.507 e. The van der Waals surface area contributed by atoms with Crippen LogP contribution in [0.15, 0.2) is 127 Å². The van der Waals surface area contributed by atoms with E-state index in [2.05, 4.69) is 0 Å². The standard InChI is InChI=1S/C36H30O6/c37-31(25-42-36(39)29-19-11-4-12-20-29)34-33(41-24-28-17-9-3-10-18-28)22-32(40-23-27-15-7-2-8-16-27)30(35(34)38)21-26-13-5-1-6-14-26/h1-20,22,38H,21,23-25H2. The third kappa shape index (κ3) is 7.23. The Kier molecular flexibility index (Phi) is 9.27. The van der Waals surface area contributed by atoms with E-state index in [-0.39, 0.29) is 30.3 Å². The first-order valence-electron chi connectivity index (χ1n) is 13.6. The number of phenolic OH excluding ortho intramolecular Hbond substituents is 1. The fraction of sp³-hybridized carbons (Fsp3) is 0.111. The maximum Gasteiger partial charge on any atom is 0.338 e. The Morgan fingerprint density at radius 3 is 1.62 bits per heavy atom. The molecule has 0 saturated heterocycles. The predicted molar refractivity (Wildman–Crippen MR) is 160 cm³/mol. The van der Waals surface area contributed by atoms with Gasteiger partial charge in [-0.25, -0.2) is 4.79 Å². The molecule has 5 rings (SSSR count). The second kappa shape index (κ2) is 13.8. The summed E-state index contributed by atoms with van der Waals surface area (Å²) < 4.78 is 17.7. The van der Waals surface area contributed by atoms with Gasteiger partial charge >= 0.3 is 5.97 Å². The summed E-state index contributed by atoms with van der Waals surface area (Å²) in [6, 6.07) is 38.8. The zero-order chi connectivity index (χ0) is 29.1. The minimum Gasteiger partial charge on any atom is -0.507 e. The van der Waals surface area contributed by atoms with Gasteiger partial charge in [-0.05, 0) is 28.8 Å². The maximum absolute atomic E-state index is 13.6. The first kappa shape index (κ1) is 28.2. The highest BCUT2D eigenvalue weighted by Gasteiger charge is 2.26. The molecule has 0 aliphatic heterocycles. The van der Waals surface area contributed by atoms with Crippen LogP contribution in [0.4, 0.5) is 0 Å². The van der Waals surface area contributed by atoms with Gasteiger partial charge < -0.3 is 19.3 Å². The van der Waals surface area contributed by atoms with Crippen LogP contribution in [-0.4, -0.2) is 23.5 Å². The number of carbonyl (C=O) groups excluding carboxylic acids is 2. The van der Waals surface area contributed by atoms with Crippen LogP contribution in [0.3, 0.4) is 0 Å². The quantitative estimate of drug-likeness (QED) is 0.129. The molecule has 0 atom stereocenters. The molecule has 5 aromatic carbocycles. The minimum absolute atomic E-state index is 0.0650. The average Bonchev–Trinajstić information content (AvgIpc) is 3.04. The fourth-order valence-electron chi connectivity index (χ4n) is 4.48. The number of benzene rings is 5. The van der Waals surface area contributed by atoms with Gasteiger partial charge in [0.25, 0.3) is 0 Å². The van der Waals surface area contributed by atoms with Gasteiger partial charge in [-0.3, -0.25) is 4.79 Å². The monoisotopic (exact) mass is 558 g/mol. The Bertz CT molecular complexity index is 1620. The second-order valence-electron chi connectivity index (χ2n) is 9.65. The number of ketones is 1. The first-order chi connectivity index (χ1) is 20.6. The van der Waals surface area contributed by atoms with E-state index in [9.17, 15) is 14.7 Å². The van der Waals surface area contributed by atoms with Crippen LogP contribution in [0.5, 0.6) is 17.2 Å². The summed E-state index contributed by atoms with van der Waals surface area (Å²) in [5.74, 6) is -0.974. The van der Waals surface area contributed by atoms with E-state index < -0.39 is 18.4 Å². The molecule has 5 aromatic rings. The molecule has 0 aromatic heterocycles. The van der Waals surface area contributed by atoms with Crippen molar-refractivity contribution in [3.63, 3.8) is 0 Å². The van der Waals surface area contributed by atoms with Crippen molar-refractivity contribution in [2.75, 3.05) is 6.61 Å². The molecule has 0 unspecified atom stereocenters. The van der Waals surface area contributed by atoms with E-state index in [0.717, 1.165) is 16.7 Å². The van der Waals surface area contributed by atoms with Crippen molar-refractivity contribution in [2.24, 2.45) is 0 Å². The molecule has 210 valence electrons. The normalized spacial score (nSPS) is 10.6. The van der Waals surface area contributed by atoms with E-state index in [1.807, 2.05) is 91.0 Å². The van der Waals surface area contributed by atoms with Crippen molar-refractivity contribution in [1.29, 1.82) is 0 Å². The van der Waals surface area contributed by atoms with Crippen molar-refractivity contribution in [1.82, 2.24) is 0 Å². The Balaban J connectivity index is 1.51. The minimum atomic E-state index is -0.637. The molecule has 6 nitrogen and oxygen atoms in total. The molecule has 0 amide bonds. The number of esters is 1. The molecule has 0 radical (unpaired) electrons. The van der Waals surface area contributed by atoms with Crippen LogP contribution in [0.2, 0.25) is 0 Å². The molecule has 0 spiro atoms. The highest BCUT2D eigenvalue weighted by atomic mass is 16.5. The number of Topliss-reactive ketones (excluding diaryl/α,β-unsaturated/α-hetero) is 1. The summed E-state index contributed by atoms with van der Waals surface area (Å²) in [6.07, 6.45) is 0.305. The fourth-order valence-corrected chi connectivity index (χ4v) is 4.48. The van der Waals surface area contributed by atoms with Crippen molar-refractivity contribution >= 4 is 11.8 Å². The third-order valence-corrected chi connectivity index (χ3v) is 6.65. The smallest absolute Gasteiger partial charge is 0.338 e. The van der Waals surface area contributed by atoms with E-state index in [4.69, 9.17) is 14.2 Å². The second-order valence-corrected chi connectivity index (χ2v) is 9.65. The van der Waals surface area contributed by atoms with E-state index in [1.54, 1.807) is 36.4 Å². The summed E-state index contributed by atoms with van der Waals surface area (Å²) in [4.78, 5) is 26.1. The summed E-state index contributed by atoms with van der Waals surface area (Å²) in [7, 11) is 0. The summed E-state index contributed by atoms with van der Waals surface area (Å²) in [5.41, 5.74) is 3.44. The Hall–Kier alpha value is -5.36. The Labute approximate surface area is 244 Å². The molecule has 1 N–H and O–H groups in total. The number of hydrogen-bond acceptors (Lipinski definition) is 6. The Morgan fingerprint density at radius 2 is 1.07 bits per heavy atom. The summed E-state index contributed by atoms with van der Waals surface area (Å²) in [5, 5.41) is 11.6. The molecule has 0 aliphatic carbocycles. The van der Waals surface area contributed by atoms with Gasteiger partial charge in [-0.1, -0.05) is 109 Å². The third-order valence-electron chi connectivity index (χ3n) is 6.65. The van der Waals surface area contributed by atoms with Crippen molar-refractivity contribution in [3.8, 4) is 17.2 Å². The highest BCUT2D eigenvalue weighted by Crippen LogP contribution is 2.41. The molecular formula is C36H30O6. The molecule has 0 fully saturated rings. The average molecular weight is 559 g/mol. The number of carbonyl (C=O) groups is 2. The van der Waals surface area contributed by atoms with E-state index in [1.165, 1.54) is 0 Å². The molecule has 0 aliphatic rings. The molecule has 0 heterocycles. The van der Waals surface area contributed by atoms with Crippen molar-refractivity contribution in [2.45, 2.75) is 19.6 Å². The lowest BCUT2D eigenvalue weighted by Gasteiger charge is -2.20. The zero-order valence-electron chi connectivity index (χ0n) is 22.9. The maximum atomic E-state index is 13.6. The van der Waals surface area contributed by atoms with Crippen LogP contribution < -0.4 is 9.47 Å². The zero-order valence-corrected chi connectivity index (χ0v) is 22.9. The van der Waals surface area contributed by atoms with Gasteiger partial charge in [0.1, 0.15) is 36.0 Å². The van der Waals surface area contributed by atoms with Crippen molar-refractivity contribution < 1.29 is 28.9 Å². The van der Waals surface area contributed by atoms with Crippen LogP contribution in [-0.2, 0) is 24.4 Å². The van der Waals surface area contributed by atoms with E-state index in [0.29, 0.717) is 23.3 Å². The number of phenols is 1. The SMILES string of the molecule is O=C(OCC(=O)c1c(OCc2ccccc2)cc(OCc2ccccc2)c(Cc2ccccc2)c1O)c1ccccc1. The predicted octanol–water partition coefficient (Wildman–Crippen LogP) is 7.18. The van der Waals surface area contributed by atoms with Gasteiger partial charge in [0, 0.05) is 18.1 Å². The lowest BCUT2D eigenvalue weighted by molar-refractivity contribution is 0.0472. The molecule has 6 heteroatoms. The van der Waals surface area contributed by atoms with Gasteiger partial charge in [0.05, 0.1) is 5.56 Å². The van der Waals surface area contributed by atoms with Crippen LogP contribution in [0, 0.1) is 0 Å². The van der Waals surface area contributed by atoms with Gasteiger partial charge in [0.15, 0.2) is 6.61 Å². The number of aromatic hydroxyl groups is 1. The molecule has 0 saturated carbocycles. The molecule has 42 heavy (non-hydrogen) atoms. The summed E-state index contributed by atoms with van der Waals surface area (Å²) >= 11 is 0. The number of ether oxygens (including phenoxy) is 3. The van der Waals surface area contributed by atoms with Crippen molar-refractivity contribution in [3.05, 3.63) is 161 Å². The van der Waals surface area contributed by atoms with Crippen LogP contribution >= 0.6 is 0 Å². The Morgan fingerprint density at radius 1 is 0.595 bits per heavy atom. The van der Waals surface area contributed by atoms with Crippen LogP contribution in [0.1, 0.15) is 43.0 Å². The number of rotatable bonds is 12. The number of hydrogen-bond donors (Lipinski definition) is 1. The van der Waals surface area contributed by atoms with Gasteiger partial charge in [-0.2, -0.15) is 0 Å². The highest BCUT2D eigenvalue weighted by molar-refractivity contribution is 6.04. The van der Waals surface area contributed by atoms with E-state index >= 15 is 0 Å². The first-order valence-corrected chi connectivity index (χ1v) is 13.6.